The number of nitrogens with two attached hydrogens (primary N) is 1. The van der Waals surface area contributed by atoms with Crippen LogP contribution in [-0.2, 0) is 16.0 Å². The normalized spacial score (nSPS) is 21.0. The van der Waals surface area contributed by atoms with Crippen LogP contribution in [0, 0.1) is 0 Å². The molecule has 1 aliphatic rings. The lowest BCUT2D eigenvalue weighted by Crippen LogP contribution is -2.53. The van der Waals surface area contributed by atoms with E-state index in [0.717, 1.165) is 5.56 Å². The highest BCUT2D eigenvalue weighted by molar-refractivity contribution is 5.69. The van der Waals surface area contributed by atoms with Gasteiger partial charge in [-0.15, -0.1) is 0 Å². The molecular weight excluding hydrogens is 418 g/mol. The summed E-state index contributed by atoms with van der Waals surface area (Å²) in [7, 11) is 0. The molecule has 1 atom stereocenters. The Kier molecular flexibility index (Phi) is 10.8. The van der Waals surface area contributed by atoms with Gasteiger partial charge in [-0.2, -0.15) is 0 Å². The molecule has 6 N–H and O–H groups in total. The van der Waals surface area contributed by atoms with Crippen LogP contribution in [0.2, 0.25) is 0 Å². The topological polar surface area (TPSA) is 154 Å². The minimum Gasteiger partial charge on any atom is -0.480 e. The summed E-state index contributed by atoms with van der Waals surface area (Å²) in [6, 6.07) is 7.08. The van der Waals surface area contributed by atoms with Crippen molar-refractivity contribution >= 4 is 17.6 Å². The molecule has 1 heterocycles. The van der Waals surface area contributed by atoms with Crippen LogP contribution < -0.4 is 5.73 Å². The zero-order valence-electron chi connectivity index (χ0n) is 18.3. The Hall–Kier alpha value is -2.28. The Morgan fingerprint density at radius 3 is 1.81 bits per heavy atom. The monoisotopic (exact) mass is 453 g/mol. The summed E-state index contributed by atoms with van der Waals surface area (Å²) in [4.78, 5) is 30.3. The largest absolute Gasteiger partial charge is 0.480 e. The van der Waals surface area contributed by atoms with Crippen molar-refractivity contribution in [2.45, 2.75) is 12.5 Å². The van der Waals surface area contributed by atoms with Crippen LogP contribution in [0.4, 0.5) is 5.69 Å². The van der Waals surface area contributed by atoms with Crippen LogP contribution in [0.1, 0.15) is 5.56 Å². The van der Waals surface area contributed by atoms with Crippen LogP contribution >= 0.6 is 0 Å². The van der Waals surface area contributed by atoms with Crippen LogP contribution in [0.15, 0.2) is 24.3 Å². The lowest BCUT2D eigenvalue weighted by atomic mass is 10.0. The summed E-state index contributed by atoms with van der Waals surface area (Å²) in [6.07, 6.45) is 0.520. The Bertz CT molecular complexity index is 719. The summed E-state index contributed by atoms with van der Waals surface area (Å²) in [5, 5.41) is 38.3. The maximum absolute atomic E-state index is 11.6. The molecular formula is C21H35N5O6. The smallest absolute Gasteiger partial charge is 0.317 e. The number of nitrogens with zero attached hydrogens (tertiary/aromatic N) is 4. The van der Waals surface area contributed by atoms with Crippen LogP contribution in [0.3, 0.4) is 0 Å². The van der Waals surface area contributed by atoms with Gasteiger partial charge in [0.2, 0.25) is 0 Å². The summed E-state index contributed by atoms with van der Waals surface area (Å²) in [5.41, 5.74) is 7.39. The van der Waals surface area contributed by atoms with Gasteiger partial charge in [-0.1, -0.05) is 12.1 Å². The molecule has 0 aliphatic carbocycles. The summed E-state index contributed by atoms with van der Waals surface area (Å²) in [5.74, 6) is -1.93. The molecule has 0 radical (unpaired) electrons. The molecule has 1 unspecified atom stereocenters. The van der Waals surface area contributed by atoms with Crippen molar-refractivity contribution in [3.63, 3.8) is 0 Å². The fourth-order valence-corrected chi connectivity index (χ4v) is 3.87. The second-order valence-corrected chi connectivity index (χ2v) is 8.11. The van der Waals surface area contributed by atoms with Crippen molar-refractivity contribution in [3.8, 4) is 0 Å². The number of carboxylic acids is 2. The number of nitrogen functional groups attached to an aromatic ring is 1. The van der Waals surface area contributed by atoms with Gasteiger partial charge in [0.25, 0.3) is 0 Å². The molecule has 1 saturated heterocycles. The van der Waals surface area contributed by atoms with Gasteiger partial charge in [0.15, 0.2) is 0 Å². The first-order valence-electron chi connectivity index (χ1n) is 10.7. The number of aliphatic carboxylic acids is 2. The van der Waals surface area contributed by atoms with Crippen molar-refractivity contribution in [3.05, 3.63) is 29.8 Å². The van der Waals surface area contributed by atoms with E-state index in [1.165, 1.54) is 0 Å². The fraction of sp³-hybridized carbons (Fsp3) is 0.619. The summed E-state index contributed by atoms with van der Waals surface area (Å²) < 4.78 is 0. The number of benzene rings is 1. The number of hydrogen-bond acceptors (Lipinski definition) is 9. The van der Waals surface area contributed by atoms with Gasteiger partial charge >= 0.3 is 11.9 Å². The standard InChI is InChI=1S/C21H35N5O6/c22-18-3-1-17(2-4-18)11-19-12-25(13-20(29)30)8-7-23(15-27)5-6-24(16-28)9-10-26(19)14-21(31)32/h1-4,19,27-28H,5-16,22H2,(H,29,30)(H,31,32). The van der Waals surface area contributed by atoms with E-state index in [4.69, 9.17) is 5.73 Å². The van der Waals surface area contributed by atoms with E-state index in [1.54, 1.807) is 26.8 Å². The van der Waals surface area contributed by atoms with Crippen LogP contribution in [0.5, 0.6) is 0 Å². The molecule has 0 amide bonds. The maximum Gasteiger partial charge on any atom is 0.317 e. The Morgan fingerprint density at radius 1 is 0.812 bits per heavy atom. The highest BCUT2D eigenvalue weighted by Gasteiger charge is 2.26. The third kappa shape index (κ3) is 9.07. The Labute approximate surface area is 188 Å². The molecule has 2 rings (SSSR count). The average Bonchev–Trinajstić information content (AvgIpc) is 2.74. The third-order valence-corrected chi connectivity index (χ3v) is 5.70. The molecule has 1 aromatic rings. The van der Waals surface area contributed by atoms with E-state index in [1.807, 2.05) is 17.0 Å². The van der Waals surface area contributed by atoms with Crippen LogP contribution in [0.25, 0.3) is 0 Å². The number of anilines is 1. The quantitative estimate of drug-likeness (QED) is 0.291. The van der Waals surface area contributed by atoms with Gasteiger partial charge < -0.3 is 26.2 Å². The first-order chi connectivity index (χ1) is 15.3. The lowest BCUT2D eigenvalue weighted by molar-refractivity contribution is -0.141. The molecule has 1 fully saturated rings. The second kappa shape index (κ2) is 13.3. The van der Waals surface area contributed by atoms with Gasteiger partial charge in [0.05, 0.1) is 26.6 Å². The number of aliphatic hydroxyl groups excluding tert-OH is 2. The fourth-order valence-electron chi connectivity index (χ4n) is 3.87. The molecule has 32 heavy (non-hydrogen) atoms. The molecule has 1 aliphatic heterocycles. The van der Waals surface area contributed by atoms with E-state index < -0.39 is 11.9 Å². The van der Waals surface area contributed by atoms with Gasteiger partial charge in [-0.3, -0.25) is 29.2 Å². The van der Waals surface area contributed by atoms with Gasteiger partial charge in [-0.25, -0.2) is 0 Å². The van der Waals surface area contributed by atoms with E-state index in [9.17, 15) is 30.0 Å². The van der Waals surface area contributed by atoms with Crippen molar-refractivity contribution in [2.24, 2.45) is 0 Å². The van der Waals surface area contributed by atoms with Crippen molar-refractivity contribution in [1.29, 1.82) is 0 Å². The van der Waals surface area contributed by atoms with E-state index in [2.05, 4.69) is 0 Å². The number of carboxylic acid groups (broad SMARTS) is 2. The van der Waals surface area contributed by atoms with E-state index in [0.29, 0.717) is 57.9 Å². The Morgan fingerprint density at radius 2 is 1.31 bits per heavy atom. The SMILES string of the molecule is Nc1ccc(CC2CN(CC(=O)O)CCN(CO)CCN(CO)CCN2CC(=O)O)cc1. The van der Waals surface area contributed by atoms with E-state index >= 15 is 0 Å². The van der Waals surface area contributed by atoms with Gasteiger partial charge in [0, 0.05) is 57.5 Å². The van der Waals surface area contributed by atoms with E-state index in [-0.39, 0.29) is 32.6 Å². The van der Waals surface area contributed by atoms with Crippen LogP contribution in [-0.4, -0.2) is 130 Å². The molecule has 0 spiro atoms. The molecule has 180 valence electrons. The minimum atomic E-state index is -0.966. The summed E-state index contributed by atoms with van der Waals surface area (Å²) in [6.45, 7) is 2.35. The minimum absolute atomic E-state index is 0.166. The second-order valence-electron chi connectivity index (χ2n) is 8.11. The molecule has 11 nitrogen and oxygen atoms in total. The number of hydrogen-bond donors (Lipinski definition) is 5. The zero-order valence-corrected chi connectivity index (χ0v) is 18.3. The third-order valence-electron chi connectivity index (χ3n) is 5.70. The molecule has 0 aromatic heterocycles. The van der Waals surface area contributed by atoms with Gasteiger partial charge in [0.1, 0.15) is 0 Å². The lowest BCUT2D eigenvalue weighted by Gasteiger charge is -2.37. The average molecular weight is 454 g/mol. The predicted molar refractivity (Wildman–Crippen MR) is 119 cm³/mol. The first kappa shape index (κ1) is 26.0. The first-order valence-corrected chi connectivity index (χ1v) is 10.7. The molecule has 11 heteroatoms. The highest BCUT2D eigenvalue weighted by atomic mass is 16.4. The van der Waals surface area contributed by atoms with Crippen molar-refractivity contribution in [1.82, 2.24) is 19.6 Å². The van der Waals surface area contributed by atoms with Crippen molar-refractivity contribution in [2.75, 3.05) is 78.1 Å². The molecule has 0 saturated carbocycles. The van der Waals surface area contributed by atoms with Crippen molar-refractivity contribution < 1.29 is 30.0 Å². The summed E-state index contributed by atoms with van der Waals surface area (Å²) >= 11 is 0. The Balaban J connectivity index is 2.32. The number of aliphatic hydroxyl groups is 2. The molecule has 0 bridgehead atoms. The zero-order chi connectivity index (χ0) is 23.5. The highest BCUT2D eigenvalue weighted by Crippen LogP contribution is 2.14. The predicted octanol–water partition coefficient (Wildman–Crippen LogP) is -1.53. The number of carbonyl (C=O) groups is 2. The number of rotatable bonds is 8. The van der Waals surface area contributed by atoms with Gasteiger partial charge in [-0.05, 0) is 24.1 Å². The maximum atomic E-state index is 11.6. The molecule has 1 aromatic carbocycles.